The standard InChI is InChI=1S/C29H38O6/c1-7-18(2)26(31)35-24-13-14-28(5)22(27(24,3)4)12-15-29(6,32)23(28)17-33-20-10-8-19-9-11-25(30)34-21(19)16-20/h7-11,16,22-24,32H,12-15,17H2,1-6H3/b18-7-/t22-,23?,24-,28-,29+/m1/s1. The second kappa shape index (κ2) is 9.12. The number of carbonyl (C=O) groups excluding carboxylic acids is 1. The fourth-order valence-corrected chi connectivity index (χ4v) is 6.73. The molecule has 0 saturated heterocycles. The van der Waals surface area contributed by atoms with Crippen LogP contribution in [-0.2, 0) is 9.53 Å². The lowest BCUT2D eigenvalue weighted by Gasteiger charge is -2.62. The molecule has 2 fully saturated rings. The van der Waals surface area contributed by atoms with Gasteiger partial charge in [0.2, 0.25) is 0 Å². The highest BCUT2D eigenvalue weighted by Crippen LogP contribution is 2.62. The molecule has 0 amide bonds. The summed E-state index contributed by atoms with van der Waals surface area (Å²) >= 11 is 0. The van der Waals surface area contributed by atoms with Crippen molar-refractivity contribution in [2.75, 3.05) is 6.61 Å². The minimum absolute atomic E-state index is 0.111. The molecule has 2 aliphatic rings. The Morgan fingerprint density at radius 2 is 1.86 bits per heavy atom. The molecule has 2 aromatic rings. The van der Waals surface area contributed by atoms with Gasteiger partial charge in [0.15, 0.2) is 0 Å². The van der Waals surface area contributed by atoms with Gasteiger partial charge in [0.25, 0.3) is 0 Å². The van der Waals surface area contributed by atoms with E-state index in [2.05, 4.69) is 20.8 Å². The summed E-state index contributed by atoms with van der Waals surface area (Å²) in [6.45, 7) is 12.5. The Morgan fingerprint density at radius 1 is 1.14 bits per heavy atom. The molecule has 190 valence electrons. The Bertz CT molecular complexity index is 1190. The molecule has 1 aromatic carbocycles. The highest BCUT2D eigenvalue weighted by Gasteiger charge is 2.61. The first kappa shape index (κ1) is 25.5. The van der Waals surface area contributed by atoms with E-state index in [1.54, 1.807) is 25.1 Å². The van der Waals surface area contributed by atoms with Crippen LogP contribution in [-0.4, -0.2) is 29.4 Å². The number of hydrogen-bond acceptors (Lipinski definition) is 6. The summed E-state index contributed by atoms with van der Waals surface area (Å²) in [5, 5.41) is 12.3. The van der Waals surface area contributed by atoms with E-state index in [4.69, 9.17) is 13.9 Å². The smallest absolute Gasteiger partial charge is 0.336 e. The minimum atomic E-state index is -0.879. The Kier molecular flexibility index (Phi) is 6.64. The van der Waals surface area contributed by atoms with Crippen LogP contribution in [0.5, 0.6) is 5.75 Å². The van der Waals surface area contributed by atoms with Gasteiger partial charge in [0.1, 0.15) is 17.4 Å². The van der Waals surface area contributed by atoms with Crippen molar-refractivity contribution in [2.45, 2.75) is 78.9 Å². The summed E-state index contributed by atoms with van der Waals surface area (Å²) in [4.78, 5) is 24.2. The lowest BCUT2D eigenvalue weighted by Crippen LogP contribution is -2.62. The van der Waals surface area contributed by atoms with Crippen molar-refractivity contribution in [1.82, 2.24) is 0 Å². The van der Waals surface area contributed by atoms with Crippen LogP contribution in [0.25, 0.3) is 11.0 Å². The van der Waals surface area contributed by atoms with Crippen molar-refractivity contribution in [3.63, 3.8) is 0 Å². The zero-order chi connectivity index (χ0) is 25.6. The summed E-state index contributed by atoms with van der Waals surface area (Å²) in [5.74, 6) is 0.508. The van der Waals surface area contributed by atoms with Gasteiger partial charge in [0, 0.05) is 34.4 Å². The van der Waals surface area contributed by atoms with E-state index in [1.807, 2.05) is 26.0 Å². The molecule has 0 radical (unpaired) electrons. The fraction of sp³-hybridized carbons (Fsp3) is 0.586. The maximum absolute atomic E-state index is 12.5. The monoisotopic (exact) mass is 482 g/mol. The number of hydrogen-bond donors (Lipinski definition) is 1. The van der Waals surface area contributed by atoms with Gasteiger partial charge in [0.05, 0.1) is 12.2 Å². The summed E-state index contributed by atoms with van der Waals surface area (Å²) in [7, 11) is 0. The molecule has 0 bridgehead atoms. The van der Waals surface area contributed by atoms with Gasteiger partial charge >= 0.3 is 11.6 Å². The third-order valence-corrected chi connectivity index (χ3v) is 8.97. The molecule has 35 heavy (non-hydrogen) atoms. The van der Waals surface area contributed by atoms with Gasteiger partial charge in [-0.3, -0.25) is 0 Å². The number of esters is 1. The Balaban J connectivity index is 1.57. The fourth-order valence-electron chi connectivity index (χ4n) is 6.73. The van der Waals surface area contributed by atoms with Crippen molar-refractivity contribution in [3.8, 4) is 5.75 Å². The van der Waals surface area contributed by atoms with E-state index in [1.165, 1.54) is 6.07 Å². The van der Waals surface area contributed by atoms with E-state index in [-0.39, 0.29) is 34.7 Å². The summed E-state index contributed by atoms with van der Waals surface area (Å²) < 4.78 is 17.5. The molecule has 4 rings (SSSR count). The molecule has 6 heteroatoms. The van der Waals surface area contributed by atoms with Crippen LogP contribution < -0.4 is 10.4 Å². The molecule has 2 saturated carbocycles. The number of carbonyl (C=O) groups is 1. The summed E-state index contributed by atoms with van der Waals surface area (Å²) in [6.07, 6.45) is 4.72. The first-order valence-corrected chi connectivity index (χ1v) is 12.6. The van der Waals surface area contributed by atoms with Crippen molar-refractivity contribution in [2.24, 2.45) is 22.7 Å². The molecule has 1 aromatic heterocycles. The van der Waals surface area contributed by atoms with Crippen molar-refractivity contribution in [3.05, 3.63) is 52.4 Å². The van der Waals surface area contributed by atoms with E-state index in [0.717, 1.165) is 24.6 Å². The third kappa shape index (κ3) is 4.65. The maximum atomic E-state index is 12.5. The molecule has 0 aliphatic heterocycles. The normalized spacial score (nSPS) is 32.7. The maximum Gasteiger partial charge on any atom is 0.336 e. The third-order valence-electron chi connectivity index (χ3n) is 8.97. The average molecular weight is 483 g/mol. The van der Waals surface area contributed by atoms with E-state index >= 15 is 0 Å². The number of aliphatic hydroxyl groups is 1. The molecule has 6 nitrogen and oxygen atoms in total. The zero-order valence-electron chi connectivity index (χ0n) is 21.7. The number of rotatable bonds is 5. The van der Waals surface area contributed by atoms with Gasteiger partial charge in [-0.2, -0.15) is 0 Å². The SMILES string of the molecule is C/C=C(/C)C(=O)O[C@@H]1CC[C@@]2(C)C(COc3ccc4ccc(=O)oc4c3)[C@@](C)(O)CC[C@@H]2C1(C)C. The minimum Gasteiger partial charge on any atom is -0.493 e. The predicted octanol–water partition coefficient (Wildman–Crippen LogP) is 5.65. The Morgan fingerprint density at radius 3 is 2.57 bits per heavy atom. The zero-order valence-corrected chi connectivity index (χ0v) is 21.7. The highest BCUT2D eigenvalue weighted by molar-refractivity contribution is 5.87. The average Bonchev–Trinajstić information content (AvgIpc) is 2.79. The van der Waals surface area contributed by atoms with Crippen LogP contribution in [0.1, 0.15) is 67.2 Å². The quantitative estimate of drug-likeness (QED) is 0.337. The first-order valence-electron chi connectivity index (χ1n) is 12.6. The largest absolute Gasteiger partial charge is 0.493 e. The van der Waals surface area contributed by atoms with Crippen LogP contribution in [0.2, 0.25) is 0 Å². The highest BCUT2D eigenvalue weighted by atomic mass is 16.5. The van der Waals surface area contributed by atoms with Crippen LogP contribution in [0, 0.1) is 22.7 Å². The number of ether oxygens (including phenoxy) is 2. The Labute approximate surface area is 207 Å². The molecule has 1 unspecified atom stereocenters. The second-order valence-electron chi connectivity index (χ2n) is 11.5. The summed E-state index contributed by atoms with van der Waals surface area (Å²) in [5.41, 5.74) is -0.599. The number of benzene rings is 1. The molecular formula is C29H38O6. The van der Waals surface area contributed by atoms with Crippen LogP contribution in [0.3, 0.4) is 0 Å². The molecule has 5 atom stereocenters. The van der Waals surface area contributed by atoms with Gasteiger partial charge in [-0.25, -0.2) is 9.59 Å². The van der Waals surface area contributed by atoms with Crippen molar-refractivity contribution < 1.29 is 23.8 Å². The molecule has 0 spiro atoms. The first-order chi connectivity index (χ1) is 16.4. The number of allylic oxidation sites excluding steroid dienone is 1. The van der Waals surface area contributed by atoms with Crippen molar-refractivity contribution >= 4 is 16.9 Å². The van der Waals surface area contributed by atoms with Crippen LogP contribution in [0.15, 0.2) is 51.2 Å². The number of fused-ring (bicyclic) bond motifs is 2. The van der Waals surface area contributed by atoms with Crippen LogP contribution >= 0.6 is 0 Å². The molecule has 2 aliphatic carbocycles. The topological polar surface area (TPSA) is 86.0 Å². The van der Waals surface area contributed by atoms with E-state index in [9.17, 15) is 14.7 Å². The van der Waals surface area contributed by atoms with Gasteiger partial charge in [-0.1, -0.05) is 26.8 Å². The van der Waals surface area contributed by atoms with Gasteiger partial charge in [-0.15, -0.1) is 0 Å². The molecule has 1 heterocycles. The predicted molar refractivity (Wildman–Crippen MR) is 135 cm³/mol. The van der Waals surface area contributed by atoms with Crippen LogP contribution in [0.4, 0.5) is 0 Å². The van der Waals surface area contributed by atoms with Crippen molar-refractivity contribution in [1.29, 1.82) is 0 Å². The molecule has 1 N–H and O–H groups in total. The lowest BCUT2D eigenvalue weighted by molar-refractivity contribution is -0.210. The second-order valence-corrected chi connectivity index (χ2v) is 11.5. The van der Waals surface area contributed by atoms with Gasteiger partial charge in [-0.05, 0) is 76.0 Å². The summed E-state index contributed by atoms with van der Waals surface area (Å²) in [6, 6.07) is 8.60. The molecular weight excluding hydrogens is 444 g/mol. The van der Waals surface area contributed by atoms with Gasteiger partial charge < -0.3 is 19.0 Å². The van der Waals surface area contributed by atoms with E-state index in [0.29, 0.717) is 29.9 Å². The Hall–Kier alpha value is -2.60. The van der Waals surface area contributed by atoms with E-state index < -0.39 is 11.2 Å². The lowest BCUT2D eigenvalue weighted by atomic mass is 9.45.